The van der Waals surface area contributed by atoms with Crippen molar-refractivity contribution < 1.29 is 18.0 Å². The molecule has 26 heavy (non-hydrogen) atoms. The Morgan fingerprint density at radius 2 is 1.69 bits per heavy atom. The number of hydrogen-bond acceptors (Lipinski definition) is 5. The van der Waals surface area contributed by atoms with Gasteiger partial charge in [-0.3, -0.25) is 4.57 Å². The first kappa shape index (κ1) is 20.4. The zero-order valence-electron chi connectivity index (χ0n) is 15.6. The summed E-state index contributed by atoms with van der Waals surface area (Å²) >= 11 is 0. The van der Waals surface area contributed by atoms with Gasteiger partial charge >= 0.3 is 7.60 Å². The van der Waals surface area contributed by atoms with E-state index in [9.17, 15) is 8.96 Å². The van der Waals surface area contributed by atoms with Crippen molar-refractivity contribution in [1.29, 1.82) is 0 Å². The van der Waals surface area contributed by atoms with Gasteiger partial charge < -0.3 is 19.3 Å². The van der Waals surface area contributed by atoms with E-state index in [0.717, 1.165) is 11.3 Å². The first-order valence-electron chi connectivity index (χ1n) is 8.57. The van der Waals surface area contributed by atoms with Gasteiger partial charge in [-0.25, -0.2) is 4.39 Å². The molecule has 0 aromatic heterocycles. The number of rotatable bonds is 9. The summed E-state index contributed by atoms with van der Waals surface area (Å²) in [5, 5.41) is 3.13. The van der Waals surface area contributed by atoms with E-state index in [4.69, 9.17) is 9.05 Å². The topological polar surface area (TPSA) is 50.8 Å². The molecule has 0 aliphatic carbocycles. The molecule has 142 valence electrons. The van der Waals surface area contributed by atoms with Crippen LogP contribution in [0.3, 0.4) is 0 Å². The number of hydrogen-bond donors (Lipinski definition) is 1. The highest BCUT2D eigenvalue weighted by Gasteiger charge is 2.37. The summed E-state index contributed by atoms with van der Waals surface area (Å²) in [5.74, 6) is -1.13. The van der Waals surface area contributed by atoms with E-state index in [1.807, 2.05) is 43.3 Å². The molecule has 0 amide bonds. The molecule has 1 atom stereocenters. The highest BCUT2D eigenvalue weighted by atomic mass is 31.2. The Balaban J connectivity index is 2.44. The maximum absolute atomic E-state index is 13.6. The molecule has 2 aromatic rings. The predicted octanol–water partition coefficient (Wildman–Crippen LogP) is 5.27. The van der Waals surface area contributed by atoms with Gasteiger partial charge in [-0.1, -0.05) is 18.2 Å². The average Bonchev–Trinajstić information content (AvgIpc) is 2.60. The third-order valence-electron chi connectivity index (χ3n) is 3.79. The Bertz CT molecular complexity index is 743. The lowest BCUT2D eigenvalue weighted by Gasteiger charge is -2.28. The van der Waals surface area contributed by atoms with Gasteiger partial charge in [0.05, 0.1) is 13.2 Å². The number of nitrogens with one attached hydrogen (secondary N) is 1. The minimum absolute atomic E-state index is 0.244. The largest absolute Gasteiger partial charge is 0.378 e. The second-order valence-corrected chi connectivity index (χ2v) is 8.03. The van der Waals surface area contributed by atoms with Crippen LogP contribution in [0.2, 0.25) is 0 Å². The van der Waals surface area contributed by atoms with Gasteiger partial charge in [0.15, 0.2) is 5.78 Å². The normalized spacial score (nSPS) is 12.7. The van der Waals surface area contributed by atoms with E-state index < -0.39 is 13.4 Å². The molecule has 0 heterocycles. The van der Waals surface area contributed by atoms with Crippen LogP contribution in [0.15, 0.2) is 48.5 Å². The van der Waals surface area contributed by atoms with Gasteiger partial charge in [-0.2, -0.15) is 0 Å². The van der Waals surface area contributed by atoms with E-state index >= 15 is 0 Å². The van der Waals surface area contributed by atoms with Crippen molar-refractivity contribution in [2.45, 2.75) is 19.6 Å². The monoisotopic (exact) mass is 380 g/mol. The van der Waals surface area contributed by atoms with Crippen LogP contribution >= 0.6 is 7.60 Å². The van der Waals surface area contributed by atoms with Crippen LogP contribution in [0.1, 0.15) is 25.2 Å². The van der Waals surface area contributed by atoms with Crippen molar-refractivity contribution in [3.8, 4) is 0 Å². The summed E-state index contributed by atoms with van der Waals surface area (Å²) < 4.78 is 38.1. The first-order chi connectivity index (χ1) is 12.4. The Hall–Kier alpha value is -1.88. The Labute approximate surface area is 154 Å². The molecular weight excluding hydrogens is 354 g/mol. The molecule has 1 N–H and O–H groups in total. The van der Waals surface area contributed by atoms with Gasteiger partial charge in [0.1, 0.15) is 5.82 Å². The van der Waals surface area contributed by atoms with Crippen LogP contribution in [0.5, 0.6) is 0 Å². The summed E-state index contributed by atoms with van der Waals surface area (Å²) in [7, 11) is 0.376. The van der Waals surface area contributed by atoms with Gasteiger partial charge in [-0.05, 0) is 49.7 Å². The Morgan fingerprint density at radius 3 is 2.19 bits per heavy atom. The molecule has 2 rings (SSSR count). The van der Waals surface area contributed by atoms with Crippen LogP contribution < -0.4 is 10.2 Å². The molecule has 5 nitrogen and oxygen atoms in total. The fourth-order valence-corrected chi connectivity index (χ4v) is 4.52. The lowest BCUT2D eigenvalue weighted by atomic mass is 10.2. The standard InChI is InChI=1S/C19H26FN2O3P/c1-5-24-26(23,25-6-2)19(21-17-9-7-8-16(20)14-17)15-10-12-18(13-11-15)22(3)4/h7-14,19,21H,5-6H2,1-4H3. The van der Waals surface area contributed by atoms with Crippen LogP contribution in [-0.4, -0.2) is 27.3 Å². The molecule has 1 unspecified atom stereocenters. The van der Waals surface area contributed by atoms with Crippen LogP contribution in [0.4, 0.5) is 15.8 Å². The van der Waals surface area contributed by atoms with Gasteiger partial charge in [0, 0.05) is 25.5 Å². The van der Waals surface area contributed by atoms with E-state index in [2.05, 4.69) is 5.32 Å². The second-order valence-electron chi connectivity index (χ2n) is 5.92. The van der Waals surface area contributed by atoms with E-state index in [-0.39, 0.29) is 19.0 Å². The zero-order chi connectivity index (χ0) is 19.2. The third kappa shape index (κ3) is 5.07. The third-order valence-corrected chi connectivity index (χ3v) is 6.08. The van der Waals surface area contributed by atoms with Gasteiger partial charge in [0.25, 0.3) is 0 Å². The first-order valence-corrected chi connectivity index (χ1v) is 10.2. The maximum Gasteiger partial charge on any atom is 0.357 e. The molecule has 0 radical (unpaired) electrons. The summed E-state index contributed by atoms with van der Waals surface area (Å²) in [6, 6.07) is 13.6. The second kappa shape index (κ2) is 9.17. The molecule has 0 bridgehead atoms. The van der Waals surface area contributed by atoms with Crippen LogP contribution in [0.25, 0.3) is 0 Å². The quantitative estimate of drug-likeness (QED) is 0.601. The molecule has 2 aromatic carbocycles. The molecule has 0 aliphatic heterocycles. The maximum atomic E-state index is 13.6. The summed E-state index contributed by atoms with van der Waals surface area (Å²) in [5.41, 5.74) is 2.26. The predicted molar refractivity (Wildman–Crippen MR) is 104 cm³/mol. The number of benzene rings is 2. The summed E-state index contributed by atoms with van der Waals surface area (Å²) in [4.78, 5) is 1.98. The van der Waals surface area contributed by atoms with E-state index in [1.54, 1.807) is 26.0 Å². The van der Waals surface area contributed by atoms with E-state index in [1.165, 1.54) is 12.1 Å². The Kier molecular flexibility index (Phi) is 7.21. The van der Waals surface area contributed by atoms with Crippen molar-refractivity contribution in [2.24, 2.45) is 0 Å². The van der Waals surface area contributed by atoms with Crippen molar-refractivity contribution >= 4 is 19.0 Å². The number of halogens is 1. The van der Waals surface area contributed by atoms with Crippen molar-refractivity contribution in [2.75, 3.05) is 37.5 Å². The molecule has 0 aliphatic rings. The van der Waals surface area contributed by atoms with Crippen molar-refractivity contribution in [3.05, 3.63) is 59.9 Å². The van der Waals surface area contributed by atoms with Crippen LogP contribution in [0, 0.1) is 5.82 Å². The minimum Gasteiger partial charge on any atom is -0.378 e. The smallest absolute Gasteiger partial charge is 0.357 e. The number of anilines is 2. The molecular formula is C19H26FN2O3P. The number of nitrogens with zero attached hydrogens (tertiary/aromatic N) is 1. The lowest BCUT2D eigenvalue weighted by Crippen LogP contribution is -2.16. The summed E-state index contributed by atoms with van der Waals surface area (Å²) in [6.45, 7) is 4.02. The van der Waals surface area contributed by atoms with Gasteiger partial charge in [0.2, 0.25) is 0 Å². The van der Waals surface area contributed by atoms with Crippen molar-refractivity contribution in [1.82, 2.24) is 0 Å². The fraction of sp³-hybridized carbons (Fsp3) is 0.368. The fourth-order valence-electron chi connectivity index (χ4n) is 2.58. The molecule has 7 heteroatoms. The highest BCUT2D eigenvalue weighted by molar-refractivity contribution is 7.54. The van der Waals surface area contributed by atoms with Gasteiger partial charge in [-0.15, -0.1) is 0 Å². The lowest BCUT2D eigenvalue weighted by molar-refractivity contribution is 0.214. The van der Waals surface area contributed by atoms with E-state index in [0.29, 0.717) is 5.69 Å². The zero-order valence-corrected chi connectivity index (χ0v) is 16.5. The molecule has 0 spiro atoms. The van der Waals surface area contributed by atoms with Crippen molar-refractivity contribution in [3.63, 3.8) is 0 Å². The minimum atomic E-state index is -3.52. The highest BCUT2D eigenvalue weighted by Crippen LogP contribution is 2.60. The molecule has 0 saturated heterocycles. The van der Waals surface area contributed by atoms with Crippen LogP contribution in [-0.2, 0) is 13.6 Å². The SMILES string of the molecule is CCOP(=O)(OCC)C(Nc1cccc(F)c1)c1ccc(N(C)C)cc1. The molecule has 0 saturated carbocycles. The average molecular weight is 380 g/mol. The Morgan fingerprint density at radius 1 is 1.08 bits per heavy atom. The summed E-state index contributed by atoms with van der Waals surface area (Å²) in [6.07, 6.45) is 0. The molecule has 0 fully saturated rings.